The van der Waals surface area contributed by atoms with E-state index in [1.165, 1.54) is 31.5 Å². The van der Waals surface area contributed by atoms with Crippen LogP contribution in [0.25, 0.3) is 11.4 Å². The van der Waals surface area contributed by atoms with Crippen LogP contribution >= 0.6 is 12.2 Å². The van der Waals surface area contributed by atoms with Gasteiger partial charge >= 0.3 is 0 Å². The van der Waals surface area contributed by atoms with Crippen molar-refractivity contribution in [2.45, 2.75) is 39.8 Å². The van der Waals surface area contributed by atoms with Crippen LogP contribution in [0.15, 0.2) is 24.3 Å². The number of H-pyrrole nitrogens is 1. The van der Waals surface area contributed by atoms with E-state index in [0.717, 1.165) is 30.4 Å². The number of hydrogen-bond donors (Lipinski definition) is 2. The van der Waals surface area contributed by atoms with Gasteiger partial charge in [-0.2, -0.15) is 4.98 Å². The molecule has 0 radical (unpaired) electrons. The summed E-state index contributed by atoms with van der Waals surface area (Å²) in [6.07, 6.45) is 3.67. The Hall–Kier alpha value is -1.46. The highest BCUT2D eigenvalue weighted by atomic mass is 32.1. The van der Waals surface area contributed by atoms with Gasteiger partial charge in [-0.05, 0) is 43.0 Å². The highest BCUT2D eigenvalue weighted by molar-refractivity contribution is 7.71. The van der Waals surface area contributed by atoms with Crippen LogP contribution in [0.5, 0.6) is 0 Å². The van der Waals surface area contributed by atoms with Gasteiger partial charge in [-0.1, -0.05) is 38.1 Å². The molecule has 118 valence electrons. The Morgan fingerprint density at radius 2 is 1.95 bits per heavy atom. The Labute approximate surface area is 137 Å². The average Bonchev–Trinajstić information content (AvgIpc) is 2.91. The van der Waals surface area contributed by atoms with Crippen molar-refractivity contribution >= 4 is 12.2 Å². The molecule has 3 rings (SSSR count). The smallest absolute Gasteiger partial charge is 0.221 e. The Bertz CT molecular complexity index is 663. The molecule has 1 aromatic carbocycles. The molecular formula is C17H25N4S+. The zero-order valence-corrected chi connectivity index (χ0v) is 14.2. The molecule has 5 heteroatoms. The number of nitrogens with zero attached hydrogens (tertiary/aromatic N) is 2. The normalized spacial score (nSPS) is 21.9. The van der Waals surface area contributed by atoms with Gasteiger partial charge < -0.3 is 4.90 Å². The zero-order valence-electron chi connectivity index (χ0n) is 13.4. The third-order valence-corrected chi connectivity index (χ3v) is 4.99. The lowest BCUT2D eigenvalue weighted by molar-refractivity contribution is -0.929. The quantitative estimate of drug-likeness (QED) is 0.850. The molecule has 1 aliphatic heterocycles. The Kier molecular flexibility index (Phi) is 4.74. The highest BCUT2D eigenvalue weighted by Crippen LogP contribution is 2.16. The summed E-state index contributed by atoms with van der Waals surface area (Å²) in [5, 5.41) is 3.37. The summed E-state index contributed by atoms with van der Waals surface area (Å²) in [6, 6.07) is 8.55. The molecule has 1 fully saturated rings. The van der Waals surface area contributed by atoms with Crippen LogP contribution in [0.2, 0.25) is 0 Å². The van der Waals surface area contributed by atoms with Gasteiger partial charge in [0.1, 0.15) is 0 Å². The maximum atomic E-state index is 5.42. The van der Waals surface area contributed by atoms with Gasteiger partial charge in [0, 0.05) is 5.56 Å². The van der Waals surface area contributed by atoms with Crippen molar-refractivity contribution in [1.82, 2.24) is 14.8 Å². The predicted molar refractivity (Wildman–Crippen MR) is 91.3 cm³/mol. The zero-order chi connectivity index (χ0) is 15.5. The first kappa shape index (κ1) is 15.4. The summed E-state index contributed by atoms with van der Waals surface area (Å²) >= 11 is 5.42. The molecule has 2 N–H and O–H groups in total. The number of quaternary nitrogens is 1. The molecule has 0 spiro atoms. The lowest BCUT2D eigenvalue weighted by atomic mass is 10.00. The van der Waals surface area contributed by atoms with E-state index >= 15 is 0 Å². The number of hydrogen-bond acceptors (Lipinski definition) is 2. The van der Waals surface area contributed by atoms with Crippen molar-refractivity contribution in [3.05, 3.63) is 34.6 Å². The fraction of sp³-hybridized carbons (Fsp3) is 0.529. The first-order valence-electron chi connectivity index (χ1n) is 8.25. The fourth-order valence-electron chi connectivity index (χ4n) is 3.04. The van der Waals surface area contributed by atoms with Crippen LogP contribution in [-0.2, 0) is 13.1 Å². The summed E-state index contributed by atoms with van der Waals surface area (Å²) < 4.78 is 2.67. The number of piperidine rings is 1. The van der Waals surface area contributed by atoms with Crippen LogP contribution in [0, 0.1) is 10.7 Å². The molecule has 22 heavy (non-hydrogen) atoms. The van der Waals surface area contributed by atoms with Crippen molar-refractivity contribution in [3.63, 3.8) is 0 Å². The largest absolute Gasteiger partial charge is 0.316 e. The van der Waals surface area contributed by atoms with Crippen molar-refractivity contribution < 1.29 is 4.90 Å². The Balaban J connectivity index is 1.74. The van der Waals surface area contributed by atoms with E-state index in [1.807, 2.05) is 4.68 Å². The van der Waals surface area contributed by atoms with Crippen LogP contribution in [0.4, 0.5) is 0 Å². The lowest BCUT2D eigenvalue weighted by Gasteiger charge is -2.27. The Morgan fingerprint density at radius 3 is 2.59 bits per heavy atom. The first-order valence-corrected chi connectivity index (χ1v) is 8.66. The maximum absolute atomic E-state index is 5.42. The molecule has 2 heterocycles. The standard InChI is InChI=1S/C17H24N4S/c1-3-14-4-6-15(7-5-14)16-18-17(22)21(19-16)12-20-10-8-13(2)9-11-20/h4-7,13H,3,8-12H2,1-2H3,(H,18,19,22)/p+1. The summed E-state index contributed by atoms with van der Waals surface area (Å²) in [5.41, 5.74) is 2.44. The van der Waals surface area contributed by atoms with Crippen molar-refractivity contribution in [1.29, 1.82) is 0 Å². The number of rotatable bonds is 4. The minimum Gasteiger partial charge on any atom is -0.316 e. The summed E-state index contributed by atoms with van der Waals surface area (Å²) in [5.74, 6) is 1.74. The van der Waals surface area contributed by atoms with Gasteiger partial charge in [-0.15, -0.1) is 0 Å². The van der Waals surface area contributed by atoms with E-state index in [1.54, 1.807) is 4.90 Å². The van der Waals surface area contributed by atoms with E-state index in [9.17, 15) is 0 Å². The molecule has 0 amide bonds. The van der Waals surface area contributed by atoms with Gasteiger partial charge in [-0.3, -0.25) is 5.10 Å². The third kappa shape index (κ3) is 3.47. The molecule has 0 aliphatic carbocycles. The minimum absolute atomic E-state index is 0.653. The maximum Gasteiger partial charge on any atom is 0.221 e. The van der Waals surface area contributed by atoms with Crippen molar-refractivity contribution in [2.75, 3.05) is 13.1 Å². The van der Waals surface area contributed by atoms with Crippen LogP contribution in [-0.4, -0.2) is 27.9 Å². The van der Waals surface area contributed by atoms with Gasteiger partial charge in [0.2, 0.25) is 4.77 Å². The van der Waals surface area contributed by atoms with E-state index < -0.39 is 0 Å². The minimum atomic E-state index is 0.653. The van der Waals surface area contributed by atoms with Crippen molar-refractivity contribution in [2.24, 2.45) is 5.92 Å². The molecule has 0 unspecified atom stereocenters. The van der Waals surface area contributed by atoms with E-state index in [-0.39, 0.29) is 0 Å². The number of aromatic amines is 1. The SMILES string of the molecule is CCc1ccc(-c2nc(=S)n(C[NH+]3CCC(C)CC3)[nH]2)cc1. The van der Waals surface area contributed by atoms with E-state index in [4.69, 9.17) is 12.2 Å². The second kappa shape index (κ2) is 6.75. The molecule has 0 atom stereocenters. The fourth-order valence-corrected chi connectivity index (χ4v) is 3.24. The van der Waals surface area contributed by atoms with Gasteiger partial charge in [0.15, 0.2) is 12.5 Å². The molecule has 1 saturated heterocycles. The topological polar surface area (TPSA) is 38.0 Å². The molecule has 1 aromatic heterocycles. The molecule has 4 nitrogen and oxygen atoms in total. The number of aromatic nitrogens is 3. The number of aryl methyl sites for hydroxylation is 1. The number of likely N-dealkylation sites (tertiary alicyclic amines) is 1. The number of nitrogens with one attached hydrogen (secondary N) is 2. The van der Waals surface area contributed by atoms with Gasteiger partial charge in [0.05, 0.1) is 13.1 Å². The second-order valence-electron chi connectivity index (χ2n) is 6.42. The summed E-state index contributed by atoms with van der Waals surface area (Å²) in [4.78, 5) is 6.11. The first-order chi connectivity index (χ1) is 10.7. The Morgan fingerprint density at radius 1 is 1.27 bits per heavy atom. The third-order valence-electron chi connectivity index (χ3n) is 4.68. The highest BCUT2D eigenvalue weighted by Gasteiger charge is 2.19. The summed E-state index contributed by atoms with van der Waals surface area (Å²) in [7, 11) is 0. The average molecular weight is 317 g/mol. The molecule has 1 aliphatic rings. The molecule has 0 saturated carbocycles. The van der Waals surface area contributed by atoms with Crippen LogP contribution in [0.1, 0.15) is 32.3 Å². The lowest BCUT2D eigenvalue weighted by Crippen LogP contribution is -3.12. The van der Waals surface area contributed by atoms with E-state index in [2.05, 4.69) is 48.2 Å². The van der Waals surface area contributed by atoms with Gasteiger partial charge in [-0.25, -0.2) is 4.68 Å². The van der Waals surface area contributed by atoms with Crippen LogP contribution < -0.4 is 4.90 Å². The molecular weight excluding hydrogens is 292 g/mol. The number of benzene rings is 1. The predicted octanol–water partition coefficient (Wildman–Crippen LogP) is 2.44. The monoisotopic (exact) mass is 317 g/mol. The van der Waals surface area contributed by atoms with E-state index in [0.29, 0.717) is 4.77 Å². The summed E-state index contributed by atoms with van der Waals surface area (Å²) in [6.45, 7) is 7.85. The molecule has 0 bridgehead atoms. The van der Waals surface area contributed by atoms with Crippen molar-refractivity contribution in [3.8, 4) is 11.4 Å². The second-order valence-corrected chi connectivity index (χ2v) is 6.79. The molecule has 2 aromatic rings. The van der Waals surface area contributed by atoms with Gasteiger partial charge in [0.25, 0.3) is 0 Å². The van der Waals surface area contributed by atoms with Crippen LogP contribution in [0.3, 0.4) is 0 Å².